The van der Waals surface area contributed by atoms with Crippen LogP contribution < -0.4 is 15.9 Å². The topological polar surface area (TPSA) is 44.8 Å². The number of phosphoric acid groups is 1. The fourth-order valence-electron chi connectivity index (χ4n) is 3.43. The van der Waals surface area contributed by atoms with Gasteiger partial charge in [0.2, 0.25) is 0 Å². The molecule has 0 radical (unpaired) electrons. The van der Waals surface area contributed by atoms with Gasteiger partial charge < -0.3 is 0 Å². The van der Waals surface area contributed by atoms with Crippen molar-refractivity contribution in [3.05, 3.63) is 91.0 Å². The van der Waals surface area contributed by atoms with Crippen LogP contribution in [0.2, 0.25) is 0 Å². The Morgan fingerprint density at radius 2 is 0.900 bits per heavy atom. The zero-order valence-corrected chi connectivity index (χ0v) is 19.8. The minimum atomic E-state index is -3.89. The predicted octanol–water partition coefficient (Wildman–Crippen LogP) is 5.60. The average molecular weight is 444 g/mol. The molecule has 3 aromatic carbocycles. The molecule has 0 saturated heterocycles. The van der Waals surface area contributed by atoms with Crippen LogP contribution in [0.4, 0.5) is 0 Å². The van der Waals surface area contributed by atoms with E-state index >= 15 is 0 Å². The van der Waals surface area contributed by atoms with Crippen LogP contribution in [-0.4, -0.2) is 12.2 Å². The molecule has 0 fully saturated rings. The molecule has 0 saturated carbocycles. The monoisotopic (exact) mass is 444 g/mol. The van der Waals surface area contributed by atoms with Crippen molar-refractivity contribution in [2.45, 2.75) is 39.9 Å². The first-order valence-electron chi connectivity index (χ1n) is 10.2. The minimum absolute atomic E-state index is 0.316. The van der Waals surface area contributed by atoms with Crippen molar-refractivity contribution in [1.82, 2.24) is 0 Å². The summed E-state index contributed by atoms with van der Waals surface area (Å²) in [7, 11) is -7.09. The summed E-state index contributed by atoms with van der Waals surface area (Å²) in [4.78, 5) is 0. The third-order valence-corrected chi connectivity index (χ3v) is 11.3. The second kappa shape index (κ2) is 10.0. The standard InChI is InChI=1S/C24H30O4P2/c1-20(2)26-30(25,27-21(3)4)28-29(22-14-8-5-9-15-22,23-16-10-6-11-17-23)24-18-12-7-13-19-24/h5-21,29H,1-4H3. The molecule has 0 aliphatic rings. The SMILES string of the molecule is CC(C)OP(=O)(OC(C)C)O[PH](c1ccccc1)(c1ccccc1)c1ccccc1. The normalized spacial score (nSPS) is 13.0. The molecule has 0 amide bonds. The molecule has 0 spiro atoms. The Bertz CT molecular complexity index is 850. The van der Waals surface area contributed by atoms with Crippen LogP contribution in [0.5, 0.6) is 0 Å². The van der Waals surface area contributed by atoms with Gasteiger partial charge in [-0.2, -0.15) is 0 Å². The first kappa shape index (κ1) is 22.9. The van der Waals surface area contributed by atoms with Gasteiger partial charge in [-0.15, -0.1) is 0 Å². The first-order valence-corrected chi connectivity index (χ1v) is 13.6. The molecule has 3 aromatic rings. The summed E-state index contributed by atoms with van der Waals surface area (Å²) < 4.78 is 32.2. The molecular weight excluding hydrogens is 414 g/mol. The van der Waals surface area contributed by atoms with E-state index < -0.39 is 15.3 Å². The zero-order chi connectivity index (χ0) is 21.6. The summed E-state index contributed by atoms with van der Waals surface area (Å²) in [6.07, 6.45) is -0.632. The van der Waals surface area contributed by atoms with Crippen LogP contribution in [0, 0.1) is 0 Å². The molecule has 0 aromatic heterocycles. The van der Waals surface area contributed by atoms with E-state index in [4.69, 9.17) is 13.4 Å². The van der Waals surface area contributed by atoms with E-state index in [9.17, 15) is 4.57 Å². The molecule has 0 atom stereocenters. The molecule has 6 heteroatoms. The summed E-state index contributed by atoms with van der Waals surface area (Å²) in [5.41, 5.74) is 0. The number of benzene rings is 3. The van der Waals surface area contributed by atoms with E-state index in [0.29, 0.717) is 0 Å². The van der Waals surface area contributed by atoms with Gasteiger partial charge in [0.1, 0.15) is 0 Å². The Kier molecular flexibility index (Phi) is 7.63. The number of hydrogen-bond acceptors (Lipinski definition) is 4. The summed E-state index contributed by atoms with van der Waals surface area (Å²) >= 11 is 0. The fourth-order valence-corrected chi connectivity index (χ4v) is 10.4. The molecule has 0 bridgehead atoms. The molecule has 0 aliphatic carbocycles. The van der Waals surface area contributed by atoms with E-state index in [1.807, 2.05) is 119 Å². The van der Waals surface area contributed by atoms with Gasteiger partial charge in [0.05, 0.1) is 0 Å². The van der Waals surface area contributed by atoms with Crippen LogP contribution in [0.25, 0.3) is 0 Å². The van der Waals surface area contributed by atoms with Crippen LogP contribution in [-0.2, 0) is 17.9 Å². The fraction of sp³-hybridized carbons (Fsp3) is 0.250. The van der Waals surface area contributed by atoms with Gasteiger partial charge in [0, 0.05) is 0 Å². The van der Waals surface area contributed by atoms with Crippen molar-refractivity contribution in [1.29, 1.82) is 0 Å². The van der Waals surface area contributed by atoms with Gasteiger partial charge in [-0.1, -0.05) is 0 Å². The van der Waals surface area contributed by atoms with E-state index in [-0.39, 0.29) is 12.2 Å². The molecule has 30 heavy (non-hydrogen) atoms. The third kappa shape index (κ3) is 5.27. The molecule has 160 valence electrons. The summed E-state index contributed by atoms with van der Waals surface area (Å²) in [5, 5.41) is 2.92. The van der Waals surface area contributed by atoms with Crippen molar-refractivity contribution in [3.8, 4) is 0 Å². The van der Waals surface area contributed by atoms with Gasteiger partial charge in [0.25, 0.3) is 0 Å². The van der Waals surface area contributed by atoms with E-state index in [2.05, 4.69) is 0 Å². The van der Waals surface area contributed by atoms with Crippen molar-refractivity contribution < 1.29 is 17.9 Å². The van der Waals surface area contributed by atoms with Crippen LogP contribution in [0.15, 0.2) is 91.0 Å². The zero-order valence-electron chi connectivity index (χ0n) is 17.9. The predicted molar refractivity (Wildman–Crippen MR) is 128 cm³/mol. The molecule has 0 N–H and O–H groups in total. The molecule has 0 aliphatic heterocycles. The number of phosphoric ester groups is 1. The van der Waals surface area contributed by atoms with Gasteiger partial charge in [-0.05, 0) is 0 Å². The quantitative estimate of drug-likeness (QED) is 0.403. The van der Waals surface area contributed by atoms with Gasteiger partial charge in [-0.25, -0.2) is 0 Å². The number of rotatable bonds is 9. The average Bonchev–Trinajstić information content (AvgIpc) is 2.73. The summed E-state index contributed by atoms with van der Waals surface area (Å²) in [6.45, 7) is 7.32. The second-order valence-corrected chi connectivity index (χ2v) is 12.8. The van der Waals surface area contributed by atoms with Crippen molar-refractivity contribution >= 4 is 31.2 Å². The van der Waals surface area contributed by atoms with Crippen molar-refractivity contribution in [3.63, 3.8) is 0 Å². The van der Waals surface area contributed by atoms with Crippen LogP contribution in [0.3, 0.4) is 0 Å². The third-order valence-electron chi connectivity index (χ3n) is 4.47. The Morgan fingerprint density at radius 3 is 1.17 bits per heavy atom. The molecule has 3 rings (SSSR count). The van der Waals surface area contributed by atoms with Crippen molar-refractivity contribution in [2.24, 2.45) is 0 Å². The summed E-state index contributed by atoms with van der Waals surface area (Å²) in [6, 6.07) is 29.9. The maximum atomic E-state index is 13.9. The second-order valence-electron chi connectivity index (χ2n) is 7.63. The number of hydrogen-bond donors (Lipinski definition) is 0. The van der Waals surface area contributed by atoms with E-state index in [0.717, 1.165) is 15.9 Å². The maximum absolute atomic E-state index is 13.9. The first-order chi connectivity index (χ1) is 14.4. The van der Waals surface area contributed by atoms with E-state index in [1.165, 1.54) is 0 Å². The molecule has 4 nitrogen and oxygen atoms in total. The molecular formula is C24H30O4P2. The Hall–Kier alpha value is -1.80. The van der Waals surface area contributed by atoms with Gasteiger partial charge in [-0.3, -0.25) is 0 Å². The van der Waals surface area contributed by atoms with E-state index in [1.54, 1.807) is 0 Å². The Labute approximate surface area is 180 Å². The molecule has 0 heterocycles. The van der Waals surface area contributed by atoms with Crippen LogP contribution in [0.1, 0.15) is 27.7 Å². The van der Waals surface area contributed by atoms with Gasteiger partial charge >= 0.3 is 180 Å². The van der Waals surface area contributed by atoms with Crippen LogP contribution >= 0.6 is 15.3 Å². The van der Waals surface area contributed by atoms with Crippen molar-refractivity contribution in [2.75, 3.05) is 0 Å². The molecule has 0 unspecified atom stereocenters. The Balaban J connectivity index is 2.29. The summed E-state index contributed by atoms with van der Waals surface area (Å²) in [5.74, 6) is 0. The Morgan fingerprint density at radius 1 is 0.600 bits per heavy atom. The van der Waals surface area contributed by atoms with Gasteiger partial charge in [0.15, 0.2) is 0 Å².